The third-order valence-electron chi connectivity index (χ3n) is 1.71. The Hall–Kier alpha value is -0.890. The summed E-state index contributed by atoms with van der Waals surface area (Å²) < 4.78 is 29.9. The van der Waals surface area contributed by atoms with Gasteiger partial charge < -0.3 is 8.37 Å². The van der Waals surface area contributed by atoms with Crippen LogP contribution in [0.3, 0.4) is 0 Å². The average molecular weight is 251 g/mol. The second-order valence-corrected chi connectivity index (χ2v) is 3.88. The quantitative estimate of drug-likeness (QED) is 0.597. The SMILES string of the molecule is O=C1OS(=O)(=O)OC(=O)c2ccc1cc2.[Na]. The Morgan fingerprint density at radius 3 is 1.44 bits per heavy atom. The first-order valence-electron chi connectivity index (χ1n) is 3.80. The molecule has 1 aromatic carbocycles. The molecule has 2 aliphatic rings. The smallest absolute Gasteiger partial charge is 0.311 e. The molecule has 0 unspecified atom stereocenters. The molecule has 0 saturated heterocycles. The summed E-state index contributed by atoms with van der Waals surface area (Å²) in [5, 5.41) is 0. The van der Waals surface area contributed by atoms with Gasteiger partial charge in [0.05, 0.1) is 11.1 Å². The molecule has 16 heavy (non-hydrogen) atoms. The van der Waals surface area contributed by atoms with E-state index in [4.69, 9.17) is 0 Å². The molecule has 0 N–H and O–H groups in total. The molecule has 0 fully saturated rings. The van der Waals surface area contributed by atoms with Gasteiger partial charge in [-0.25, -0.2) is 9.59 Å². The van der Waals surface area contributed by atoms with Gasteiger partial charge in [-0.3, -0.25) is 0 Å². The van der Waals surface area contributed by atoms with Crippen molar-refractivity contribution >= 4 is 51.9 Å². The molecule has 8 heteroatoms. The summed E-state index contributed by atoms with van der Waals surface area (Å²) >= 11 is 0. The molecule has 0 aliphatic carbocycles. The van der Waals surface area contributed by atoms with Crippen LogP contribution in [0, 0.1) is 0 Å². The van der Waals surface area contributed by atoms with Gasteiger partial charge in [-0.05, 0) is 24.3 Å². The van der Waals surface area contributed by atoms with Crippen LogP contribution in [0.4, 0.5) is 0 Å². The van der Waals surface area contributed by atoms with Crippen LogP contribution in [-0.4, -0.2) is 49.9 Å². The number of fused-ring (bicyclic) bond motifs is 6. The summed E-state index contributed by atoms with van der Waals surface area (Å²) in [5.41, 5.74) is 0.0567. The molecular formula is C8H4NaO6S. The molecule has 0 atom stereocenters. The van der Waals surface area contributed by atoms with Crippen molar-refractivity contribution < 1.29 is 26.4 Å². The first-order chi connectivity index (χ1) is 6.98. The van der Waals surface area contributed by atoms with Gasteiger partial charge in [-0.15, -0.1) is 8.42 Å². The molecule has 0 saturated carbocycles. The van der Waals surface area contributed by atoms with Crippen LogP contribution in [0.15, 0.2) is 24.3 Å². The topological polar surface area (TPSA) is 86.7 Å². The van der Waals surface area contributed by atoms with Crippen molar-refractivity contribution in [1.82, 2.24) is 0 Å². The van der Waals surface area contributed by atoms with Crippen LogP contribution in [0.1, 0.15) is 20.7 Å². The maximum Gasteiger partial charge on any atom is 0.506 e. The van der Waals surface area contributed by atoms with Gasteiger partial charge in [0, 0.05) is 29.6 Å². The number of rotatable bonds is 0. The average Bonchev–Trinajstić information content (AvgIpc) is 2.21. The second kappa shape index (κ2) is 4.54. The molecule has 6 nitrogen and oxygen atoms in total. The Labute approximate surface area is 113 Å². The minimum Gasteiger partial charge on any atom is -0.311 e. The summed E-state index contributed by atoms with van der Waals surface area (Å²) in [6.07, 6.45) is 0. The van der Waals surface area contributed by atoms with Gasteiger partial charge in [-0.1, -0.05) is 0 Å². The number of hydrogen-bond donors (Lipinski definition) is 0. The van der Waals surface area contributed by atoms with Crippen molar-refractivity contribution in [2.75, 3.05) is 0 Å². The molecule has 1 aromatic rings. The molecule has 3 rings (SSSR count). The fraction of sp³-hybridized carbons (Fsp3) is 0. The first-order valence-corrected chi connectivity index (χ1v) is 5.14. The first kappa shape index (κ1) is 13.2. The zero-order valence-electron chi connectivity index (χ0n) is 8.17. The number of carbonyl (C=O) groups excluding carboxylic acids is 2. The van der Waals surface area contributed by atoms with Crippen LogP contribution in [0.2, 0.25) is 0 Å². The molecule has 2 aliphatic heterocycles. The maximum absolute atomic E-state index is 11.2. The van der Waals surface area contributed by atoms with E-state index in [1.165, 1.54) is 24.3 Å². The number of carbonyl (C=O) groups is 2. The van der Waals surface area contributed by atoms with Crippen LogP contribution >= 0.6 is 0 Å². The summed E-state index contributed by atoms with van der Waals surface area (Å²) in [6, 6.07) is 5.11. The number of hydrogen-bond acceptors (Lipinski definition) is 6. The molecule has 2 heterocycles. The van der Waals surface area contributed by atoms with E-state index >= 15 is 0 Å². The van der Waals surface area contributed by atoms with Gasteiger partial charge in [0.2, 0.25) is 0 Å². The monoisotopic (exact) mass is 251 g/mol. The molecule has 0 amide bonds. The standard InChI is InChI=1S/C8H4O6S.Na/c9-7-5-1-2-6(4-3-5)8(10)14-15(11,12)13-7;/h1-4H;. The normalized spacial score (nSPS) is 17.2. The summed E-state index contributed by atoms with van der Waals surface area (Å²) in [7, 11) is -4.61. The van der Waals surface area contributed by atoms with E-state index in [1.807, 2.05) is 0 Å². The van der Waals surface area contributed by atoms with Crippen molar-refractivity contribution in [1.29, 1.82) is 0 Å². The maximum atomic E-state index is 11.2. The van der Waals surface area contributed by atoms with Crippen molar-refractivity contribution in [3.05, 3.63) is 35.4 Å². The van der Waals surface area contributed by atoms with E-state index in [1.54, 1.807) is 0 Å². The largest absolute Gasteiger partial charge is 0.506 e. The van der Waals surface area contributed by atoms with E-state index in [9.17, 15) is 18.0 Å². The second-order valence-electron chi connectivity index (χ2n) is 2.73. The van der Waals surface area contributed by atoms with Crippen molar-refractivity contribution in [3.63, 3.8) is 0 Å². The van der Waals surface area contributed by atoms with Crippen LogP contribution in [-0.2, 0) is 18.8 Å². The Morgan fingerprint density at radius 1 is 0.812 bits per heavy atom. The minimum atomic E-state index is -4.61. The zero-order chi connectivity index (χ0) is 11.1. The molecule has 0 aromatic heterocycles. The Balaban J connectivity index is 0.00000128. The molecule has 2 bridgehead atoms. The van der Waals surface area contributed by atoms with Crippen LogP contribution in [0.25, 0.3) is 0 Å². The van der Waals surface area contributed by atoms with E-state index < -0.39 is 22.3 Å². The van der Waals surface area contributed by atoms with E-state index in [-0.39, 0.29) is 40.7 Å². The molecule has 0 spiro atoms. The van der Waals surface area contributed by atoms with Crippen molar-refractivity contribution in [3.8, 4) is 0 Å². The van der Waals surface area contributed by atoms with Gasteiger partial charge in [0.15, 0.2) is 0 Å². The Morgan fingerprint density at radius 2 is 1.12 bits per heavy atom. The fourth-order valence-corrected chi connectivity index (χ4v) is 1.64. The zero-order valence-corrected chi connectivity index (χ0v) is 11.0. The van der Waals surface area contributed by atoms with Gasteiger partial charge in [-0.2, -0.15) is 0 Å². The van der Waals surface area contributed by atoms with Crippen LogP contribution < -0.4 is 0 Å². The molecule has 1 radical (unpaired) electrons. The van der Waals surface area contributed by atoms with Gasteiger partial charge >= 0.3 is 22.3 Å². The predicted molar refractivity (Wildman–Crippen MR) is 51.9 cm³/mol. The summed E-state index contributed by atoms with van der Waals surface area (Å²) in [5.74, 6) is -2.17. The van der Waals surface area contributed by atoms with Gasteiger partial charge in [0.25, 0.3) is 0 Å². The van der Waals surface area contributed by atoms with E-state index in [2.05, 4.69) is 8.37 Å². The summed E-state index contributed by atoms with van der Waals surface area (Å²) in [6.45, 7) is 0. The Kier molecular flexibility index (Phi) is 3.74. The summed E-state index contributed by atoms with van der Waals surface area (Å²) in [4.78, 5) is 22.3. The van der Waals surface area contributed by atoms with E-state index in [0.717, 1.165) is 0 Å². The third-order valence-corrected chi connectivity index (χ3v) is 2.42. The van der Waals surface area contributed by atoms with E-state index in [0.29, 0.717) is 0 Å². The fourth-order valence-electron chi connectivity index (χ4n) is 1.04. The van der Waals surface area contributed by atoms with Gasteiger partial charge in [0.1, 0.15) is 0 Å². The van der Waals surface area contributed by atoms with Crippen LogP contribution in [0.5, 0.6) is 0 Å². The van der Waals surface area contributed by atoms with Crippen molar-refractivity contribution in [2.45, 2.75) is 0 Å². The Bertz CT molecular complexity index is 489. The third kappa shape index (κ3) is 2.62. The minimum absolute atomic E-state index is 0. The number of benzene rings is 1. The molecule has 79 valence electrons. The van der Waals surface area contributed by atoms with Crippen molar-refractivity contribution in [2.24, 2.45) is 0 Å². The molecular weight excluding hydrogens is 247 g/mol. The predicted octanol–water partition coefficient (Wildman–Crippen LogP) is -0.122.